The smallest absolute Gasteiger partial charge is 0.113 e. The predicted molar refractivity (Wildman–Crippen MR) is 143 cm³/mol. The summed E-state index contributed by atoms with van der Waals surface area (Å²) in [5.41, 5.74) is 3.29. The van der Waals surface area contributed by atoms with E-state index in [0.29, 0.717) is 30.6 Å². The first-order chi connectivity index (χ1) is 17.1. The lowest BCUT2D eigenvalue weighted by molar-refractivity contribution is 0.0862. The molecule has 0 spiro atoms. The zero-order chi connectivity index (χ0) is 25.7. The van der Waals surface area contributed by atoms with Crippen molar-refractivity contribution in [2.24, 2.45) is 23.2 Å². The van der Waals surface area contributed by atoms with Crippen LogP contribution < -0.4 is 0 Å². The molecule has 196 valence electrons. The summed E-state index contributed by atoms with van der Waals surface area (Å²) >= 11 is 0. The average Bonchev–Trinajstić information content (AvgIpc) is 3.41. The topological polar surface area (TPSA) is 73.8 Å². The number of fused-ring (bicyclic) bond motifs is 1. The Bertz CT molecular complexity index is 1070. The maximum atomic E-state index is 11.1. The molecular formula is C32H44O4. The minimum atomic E-state index is -0.638. The molecule has 0 saturated heterocycles. The Morgan fingerprint density at radius 3 is 2.58 bits per heavy atom. The summed E-state index contributed by atoms with van der Waals surface area (Å²) in [6.07, 6.45) is 16.0. The van der Waals surface area contributed by atoms with Crippen LogP contribution in [-0.2, 0) is 5.41 Å². The Kier molecular flexibility index (Phi) is 6.99. The molecule has 0 amide bonds. The lowest BCUT2D eigenvalue weighted by Crippen LogP contribution is -2.35. The van der Waals surface area contributed by atoms with Gasteiger partial charge < -0.3 is 19.7 Å². The Morgan fingerprint density at radius 2 is 1.89 bits per heavy atom. The van der Waals surface area contributed by atoms with E-state index in [1.165, 1.54) is 31.3 Å². The number of aliphatic hydroxyl groups excluding tert-OH is 3. The second-order valence-corrected chi connectivity index (χ2v) is 12.4. The molecule has 5 rings (SSSR count). The summed E-state index contributed by atoms with van der Waals surface area (Å²) in [5, 5.41) is 31.4. The number of hydrogen-bond donors (Lipinski definition) is 3. The molecule has 0 unspecified atom stereocenters. The van der Waals surface area contributed by atoms with Gasteiger partial charge >= 0.3 is 0 Å². The van der Waals surface area contributed by atoms with Crippen LogP contribution in [0.5, 0.6) is 0 Å². The van der Waals surface area contributed by atoms with E-state index >= 15 is 0 Å². The van der Waals surface area contributed by atoms with E-state index in [2.05, 4.69) is 38.7 Å². The molecule has 1 aromatic heterocycles. The fraction of sp³-hybridized carbons (Fsp3) is 0.625. The Hall–Kier alpha value is -1.88. The molecule has 3 N–H and O–H groups in total. The van der Waals surface area contributed by atoms with Crippen LogP contribution in [0.4, 0.5) is 0 Å². The Morgan fingerprint density at radius 1 is 1.11 bits per heavy atom. The number of hydrogen-bond acceptors (Lipinski definition) is 4. The summed E-state index contributed by atoms with van der Waals surface area (Å²) in [7, 11) is 0. The zero-order valence-electron chi connectivity index (χ0n) is 22.2. The first-order valence-electron chi connectivity index (χ1n) is 14.0. The minimum Gasteiger partial charge on any atom is -0.466 e. The standard InChI is InChI=1S/C32H44O4/c1-20(7-13-29(35)32(16-17-32)30-14-8-21(2)36-30)26-11-12-27-23(6-5-15-31(26,27)4)9-10-24-18-25(33)19-28(34)22(24)3/h7-10,13-14,20,25-29,33-35H,3,5-6,11-12,15-19H2,1-2,4H3/b13-7+,23-9+,24-10-/t20-,25-,26-,27+,28+,29+,31-/m1/s1. The van der Waals surface area contributed by atoms with Crippen molar-refractivity contribution < 1.29 is 19.7 Å². The predicted octanol–water partition coefficient (Wildman–Crippen LogP) is 6.31. The minimum absolute atomic E-state index is 0.231. The summed E-state index contributed by atoms with van der Waals surface area (Å²) < 4.78 is 5.88. The summed E-state index contributed by atoms with van der Waals surface area (Å²) in [6.45, 7) is 10.8. The van der Waals surface area contributed by atoms with Crippen molar-refractivity contribution in [3.63, 3.8) is 0 Å². The molecule has 4 aliphatic rings. The average molecular weight is 493 g/mol. The van der Waals surface area contributed by atoms with E-state index < -0.39 is 18.3 Å². The molecule has 4 saturated carbocycles. The van der Waals surface area contributed by atoms with E-state index in [1.54, 1.807) is 0 Å². The first kappa shape index (κ1) is 25.8. The van der Waals surface area contributed by atoms with Gasteiger partial charge in [-0.1, -0.05) is 50.3 Å². The lowest BCUT2D eigenvalue weighted by atomic mass is 9.61. The quantitative estimate of drug-likeness (QED) is 0.407. The number of furan rings is 1. The normalized spacial score (nSPS) is 38.0. The van der Waals surface area contributed by atoms with E-state index in [0.717, 1.165) is 41.9 Å². The van der Waals surface area contributed by atoms with Crippen LogP contribution in [-0.4, -0.2) is 33.6 Å². The third-order valence-corrected chi connectivity index (χ3v) is 10.1. The number of aryl methyl sites for hydroxylation is 1. The monoisotopic (exact) mass is 492 g/mol. The molecule has 4 nitrogen and oxygen atoms in total. The van der Waals surface area contributed by atoms with Crippen molar-refractivity contribution in [1.82, 2.24) is 0 Å². The van der Waals surface area contributed by atoms with Gasteiger partial charge in [0, 0.05) is 6.42 Å². The van der Waals surface area contributed by atoms with Gasteiger partial charge in [-0.25, -0.2) is 0 Å². The molecule has 4 heteroatoms. The fourth-order valence-electron chi connectivity index (χ4n) is 7.73. The molecule has 0 bridgehead atoms. The number of rotatable bonds is 6. The van der Waals surface area contributed by atoms with Crippen LogP contribution in [0.15, 0.2) is 64.2 Å². The van der Waals surface area contributed by atoms with E-state index in [1.807, 2.05) is 25.1 Å². The van der Waals surface area contributed by atoms with Crippen molar-refractivity contribution in [3.05, 3.63) is 71.3 Å². The van der Waals surface area contributed by atoms with E-state index in [4.69, 9.17) is 4.42 Å². The van der Waals surface area contributed by atoms with Crippen LogP contribution in [0.1, 0.15) is 83.2 Å². The highest BCUT2D eigenvalue weighted by atomic mass is 16.3. The lowest BCUT2D eigenvalue weighted by Gasteiger charge is -2.44. The van der Waals surface area contributed by atoms with Crippen LogP contribution in [0.3, 0.4) is 0 Å². The van der Waals surface area contributed by atoms with Gasteiger partial charge in [0.05, 0.1) is 23.7 Å². The van der Waals surface area contributed by atoms with Gasteiger partial charge in [-0.2, -0.15) is 0 Å². The number of allylic oxidation sites excluding steroid dienone is 4. The van der Waals surface area contributed by atoms with Crippen LogP contribution in [0.2, 0.25) is 0 Å². The van der Waals surface area contributed by atoms with Gasteiger partial charge in [-0.3, -0.25) is 0 Å². The van der Waals surface area contributed by atoms with Gasteiger partial charge in [-0.15, -0.1) is 0 Å². The highest BCUT2D eigenvalue weighted by Gasteiger charge is 2.53. The number of aliphatic hydroxyl groups is 3. The largest absolute Gasteiger partial charge is 0.466 e. The molecule has 1 heterocycles. The molecule has 0 aliphatic heterocycles. The van der Waals surface area contributed by atoms with Crippen LogP contribution in [0, 0.1) is 30.1 Å². The molecule has 4 aliphatic carbocycles. The van der Waals surface area contributed by atoms with Gasteiger partial charge in [0.15, 0.2) is 0 Å². The molecule has 0 aromatic carbocycles. The van der Waals surface area contributed by atoms with Crippen molar-refractivity contribution >= 4 is 0 Å². The Labute approximate surface area is 216 Å². The zero-order valence-corrected chi connectivity index (χ0v) is 22.2. The maximum Gasteiger partial charge on any atom is 0.113 e. The summed E-state index contributed by atoms with van der Waals surface area (Å²) in [4.78, 5) is 0. The Balaban J connectivity index is 1.29. The molecular weight excluding hydrogens is 448 g/mol. The first-order valence-corrected chi connectivity index (χ1v) is 14.0. The van der Waals surface area contributed by atoms with Crippen LogP contribution in [0.25, 0.3) is 0 Å². The summed E-state index contributed by atoms with van der Waals surface area (Å²) in [5.74, 6) is 3.40. The molecule has 0 radical (unpaired) electrons. The third kappa shape index (κ3) is 4.61. The summed E-state index contributed by atoms with van der Waals surface area (Å²) in [6, 6.07) is 4.02. The van der Waals surface area contributed by atoms with Crippen molar-refractivity contribution in [2.75, 3.05) is 0 Å². The molecule has 7 atom stereocenters. The maximum absolute atomic E-state index is 11.1. The van der Waals surface area contributed by atoms with Gasteiger partial charge in [0.1, 0.15) is 11.5 Å². The van der Waals surface area contributed by atoms with Crippen molar-refractivity contribution in [1.29, 1.82) is 0 Å². The van der Waals surface area contributed by atoms with Gasteiger partial charge in [-0.05, 0) is 105 Å². The second kappa shape index (κ2) is 9.78. The van der Waals surface area contributed by atoms with Gasteiger partial charge in [0.25, 0.3) is 0 Å². The SMILES string of the molecule is C=C1/C(=C\C=C2/CCC[C@]3(C)[C@@H]([C@H](C)/C=C/[C@H](O)C4(c5ccc(C)o5)CC4)CC[C@@H]23)C[C@@H](O)C[C@@H]1O. The molecule has 4 fully saturated rings. The molecule has 1 aromatic rings. The van der Waals surface area contributed by atoms with E-state index in [9.17, 15) is 15.3 Å². The second-order valence-electron chi connectivity index (χ2n) is 12.4. The third-order valence-electron chi connectivity index (χ3n) is 10.1. The van der Waals surface area contributed by atoms with E-state index in [-0.39, 0.29) is 10.8 Å². The van der Waals surface area contributed by atoms with Gasteiger partial charge in [0.2, 0.25) is 0 Å². The highest BCUT2D eigenvalue weighted by molar-refractivity contribution is 5.39. The van der Waals surface area contributed by atoms with Crippen LogP contribution >= 0.6 is 0 Å². The fourth-order valence-corrected chi connectivity index (χ4v) is 7.73. The van der Waals surface area contributed by atoms with Crippen molar-refractivity contribution in [2.45, 2.75) is 102 Å². The molecule has 36 heavy (non-hydrogen) atoms. The highest BCUT2D eigenvalue weighted by Crippen LogP contribution is 2.60. The van der Waals surface area contributed by atoms with Crippen molar-refractivity contribution in [3.8, 4) is 0 Å².